The molecule has 0 heterocycles. The van der Waals surface area contributed by atoms with Crippen molar-refractivity contribution in [2.24, 2.45) is 5.10 Å². The largest absolute Gasteiger partial charge is 0.497 e. The van der Waals surface area contributed by atoms with Crippen molar-refractivity contribution in [2.45, 2.75) is 0 Å². The van der Waals surface area contributed by atoms with Crippen molar-refractivity contribution in [3.8, 4) is 5.75 Å². The number of hydrogen-bond acceptors (Lipinski definition) is 6. The van der Waals surface area contributed by atoms with Gasteiger partial charge in [-0.1, -0.05) is 12.1 Å². The highest BCUT2D eigenvalue weighted by atomic mass is 16.6. The van der Waals surface area contributed by atoms with E-state index in [2.05, 4.69) is 15.8 Å². The van der Waals surface area contributed by atoms with Gasteiger partial charge in [0.25, 0.3) is 17.5 Å². The minimum Gasteiger partial charge on any atom is -0.497 e. The van der Waals surface area contributed by atoms with E-state index < -0.39 is 16.7 Å². The van der Waals surface area contributed by atoms with E-state index in [1.807, 2.05) is 0 Å². The summed E-state index contributed by atoms with van der Waals surface area (Å²) in [5.41, 5.74) is 2.70. The number of amides is 2. The SMILES string of the molecule is COc1ccc(C(=O)NCC(=O)NN=Cc2ccccc2[N+](=O)[O-])cc1. The van der Waals surface area contributed by atoms with Gasteiger partial charge in [-0.15, -0.1) is 0 Å². The average molecular weight is 356 g/mol. The van der Waals surface area contributed by atoms with Crippen molar-refractivity contribution in [3.05, 3.63) is 69.8 Å². The molecule has 0 fully saturated rings. The smallest absolute Gasteiger partial charge is 0.278 e. The summed E-state index contributed by atoms with van der Waals surface area (Å²) in [6.07, 6.45) is 1.17. The van der Waals surface area contributed by atoms with Gasteiger partial charge in [0, 0.05) is 11.6 Å². The summed E-state index contributed by atoms with van der Waals surface area (Å²) in [5.74, 6) is -0.379. The Kier molecular flexibility index (Phi) is 6.38. The predicted molar refractivity (Wildman–Crippen MR) is 94.2 cm³/mol. The molecule has 2 N–H and O–H groups in total. The lowest BCUT2D eigenvalue weighted by Crippen LogP contribution is -2.34. The molecule has 0 saturated heterocycles. The maximum absolute atomic E-state index is 11.9. The summed E-state index contributed by atoms with van der Waals surface area (Å²) in [5, 5.41) is 17.0. The second-order valence-electron chi connectivity index (χ2n) is 5.02. The number of rotatable bonds is 7. The van der Waals surface area contributed by atoms with Crippen molar-refractivity contribution in [1.82, 2.24) is 10.7 Å². The summed E-state index contributed by atoms with van der Waals surface area (Å²) >= 11 is 0. The number of methoxy groups -OCH3 is 1. The number of hydrogen-bond donors (Lipinski definition) is 2. The van der Waals surface area contributed by atoms with Crippen LogP contribution in [0.4, 0.5) is 5.69 Å². The second kappa shape index (κ2) is 8.92. The number of nitro groups is 1. The molecule has 2 aromatic rings. The summed E-state index contributed by atoms with van der Waals surface area (Å²) in [6.45, 7) is -0.293. The highest BCUT2D eigenvalue weighted by molar-refractivity contribution is 5.96. The quantitative estimate of drug-likeness (QED) is 0.442. The number of nitrogens with one attached hydrogen (secondary N) is 2. The van der Waals surface area contributed by atoms with Crippen molar-refractivity contribution in [1.29, 1.82) is 0 Å². The molecule has 0 saturated carbocycles. The molecular weight excluding hydrogens is 340 g/mol. The standard InChI is InChI=1S/C17H16N4O5/c1-26-14-8-6-12(7-9-14)17(23)18-11-16(22)20-19-10-13-4-2-3-5-15(13)21(24)25/h2-10H,11H2,1H3,(H,18,23)(H,20,22). The van der Waals surface area contributed by atoms with Crippen molar-refractivity contribution in [3.63, 3.8) is 0 Å². The van der Waals surface area contributed by atoms with Gasteiger partial charge in [-0.3, -0.25) is 19.7 Å². The van der Waals surface area contributed by atoms with Crippen LogP contribution in [-0.2, 0) is 4.79 Å². The first-order valence-corrected chi connectivity index (χ1v) is 7.49. The molecule has 0 bridgehead atoms. The van der Waals surface area contributed by atoms with E-state index in [0.717, 1.165) is 0 Å². The molecule has 0 unspecified atom stereocenters. The molecule has 134 valence electrons. The molecule has 0 aliphatic rings. The Hall–Kier alpha value is -3.75. The van der Waals surface area contributed by atoms with Crippen molar-refractivity contribution in [2.75, 3.05) is 13.7 Å². The third kappa shape index (κ3) is 5.13. The van der Waals surface area contributed by atoms with Crippen molar-refractivity contribution < 1.29 is 19.2 Å². The number of nitro benzene ring substituents is 1. The van der Waals surface area contributed by atoms with Crippen LogP contribution < -0.4 is 15.5 Å². The number of benzene rings is 2. The third-order valence-electron chi connectivity index (χ3n) is 3.29. The van der Waals surface area contributed by atoms with Gasteiger partial charge in [-0.2, -0.15) is 5.10 Å². The van der Waals surface area contributed by atoms with E-state index in [-0.39, 0.29) is 17.8 Å². The lowest BCUT2D eigenvalue weighted by Gasteiger charge is -2.05. The third-order valence-corrected chi connectivity index (χ3v) is 3.29. The lowest BCUT2D eigenvalue weighted by atomic mass is 10.2. The van der Waals surface area contributed by atoms with E-state index in [4.69, 9.17) is 4.74 Å². The van der Waals surface area contributed by atoms with Gasteiger partial charge in [0.2, 0.25) is 0 Å². The Labute approximate surface area is 148 Å². The molecule has 0 atom stereocenters. The zero-order valence-electron chi connectivity index (χ0n) is 13.8. The van der Waals surface area contributed by atoms with Gasteiger partial charge >= 0.3 is 0 Å². The van der Waals surface area contributed by atoms with Crippen LogP contribution in [0.25, 0.3) is 0 Å². The molecule has 0 spiro atoms. The fraction of sp³-hybridized carbons (Fsp3) is 0.118. The molecule has 9 heteroatoms. The second-order valence-corrected chi connectivity index (χ2v) is 5.02. The number of para-hydroxylation sites is 1. The van der Waals surface area contributed by atoms with Crippen LogP contribution in [0, 0.1) is 10.1 Å². The van der Waals surface area contributed by atoms with Gasteiger partial charge in [0.05, 0.1) is 30.4 Å². The summed E-state index contributed by atoms with van der Waals surface area (Å²) < 4.78 is 5.00. The lowest BCUT2D eigenvalue weighted by molar-refractivity contribution is -0.385. The number of nitrogens with zero attached hydrogens (tertiary/aromatic N) is 2. The molecule has 0 aliphatic heterocycles. The molecule has 2 amide bonds. The molecule has 2 rings (SSSR count). The molecular formula is C17H16N4O5. The fourth-order valence-corrected chi connectivity index (χ4v) is 1.98. The van der Waals surface area contributed by atoms with Crippen LogP contribution in [0.5, 0.6) is 5.75 Å². The normalized spacial score (nSPS) is 10.3. The Morgan fingerprint density at radius 1 is 1.19 bits per heavy atom. The molecule has 0 aromatic heterocycles. The van der Waals surface area contributed by atoms with E-state index in [0.29, 0.717) is 11.3 Å². The molecule has 0 radical (unpaired) electrons. The predicted octanol–water partition coefficient (Wildman–Crippen LogP) is 1.48. The maximum atomic E-state index is 11.9. The number of ether oxygens (including phenoxy) is 1. The zero-order valence-corrected chi connectivity index (χ0v) is 13.8. The van der Waals surface area contributed by atoms with Crippen LogP contribution in [0.2, 0.25) is 0 Å². The Morgan fingerprint density at radius 2 is 1.88 bits per heavy atom. The van der Waals surface area contributed by atoms with Crippen LogP contribution in [0.1, 0.15) is 15.9 Å². The molecule has 0 aliphatic carbocycles. The van der Waals surface area contributed by atoms with Gasteiger partial charge in [0.15, 0.2) is 0 Å². The Bertz CT molecular complexity index is 833. The topological polar surface area (TPSA) is 123 Å². The van der Waals surface area contributed by atoms with Gasteiger partial charge in [-0.05, 0) is 30.3 Å². The minimum atomic E-state index is -0.568. The molecule has 2 aromatic carbocycles. The van der Waals surface area contributed by atoms with Gasteiger partial charge < -0.3 is 10.1 Å². The Morgan fingerprint density at radius 3 is 2.54 bits per heavy atom. The van der Waals surface area contributed by atoms with E-state index in [9.17, 15) is 19.7 Å². The maximum Gasteiger partial charge on any atom is 0.278 e. The van der Waals surface area contributed by atoms with Crippen molar-refractivity contribution >= 4 is 23.7 Å². The van der Waals surface area contributed by atoms with Gasteiger partial charge in [-0.25, -0.2) is 5.43 Å². The first kappa shape index (κ1) is 18.6. The summed E-state index contributed by atoms with van der Waals surface area (Å²) in [4.78, 5) is 33.9. The first-order chi connectivity index (χ1) is 12.5. The Balaban J connectivity index is 1.85. The van der Waals surface area contributed by atoms with Crippen LogP contribution in [0.15, 0.2) is 53.6 Å². The van der Waals surface area contributed by atoms with Crippen LogP contribution >= 0.6 is 0 Å². The average Bonchev–Trinajstić information content (AvgIpc) is 2.66. The number of carbonyl (C=O) groups is 2. The highest BCUT2D eigenvalue weighted by Crippen LogP contribution is 2.15. The van der Waals surface area contributed by atoms with Gasteiger partial charge in [0.1, 0.15) is 5.75 Å². The monoisotopic (exact) mass is 356 g/mol. The first-order valence-electron chi connectivity index (χ1n) is 7.49. The summed E-state index contributed by atoms with van der Waals surface area (Å²) in [6, 6.07) is 12.4. The van der Waals surface area contributed by atoms with Crippen LogP contribution in [0.3, 0.4) is 0 Å². The number of carbonyl (C=O) groups excluding carboxylic acids is 2. The van der Waals surface area contributed by atoms with Crippen LogP contribution in [-0.4, -0.2) is 36.6 Å². The number of hydrazone groups is 1. The summed E-state index contributed by atoms with van der Waals surface area (Å²) in [7, 11) is 1.52. The molecule has 26 heavy (non-hydrogen) atoms. The van der Waals surface area contributed by atoms with E-state index in [1.165, 1.54) is 31.5 Å². The highest BCUT2D eigenvalue weighted by Gasteiger charge is 2.10. The molecule has 9 nitrogen and oxygen atoms in total. The zero-order chi connectivity index (χ0) is 18.9. The van der Waals surface area contributed by atoms with E-state index >= 15 is 0 Å². The minimum absolute atomic E-state index is 0.127. The fourth-order valence-electron chi connectivity index (χ4n) is 1.98. The van der Waals surface area contributed by atoms with E-state index in [1.54, 1.807) is 30.3 Å².